The summed E-state index contributed by atoms with van der Waals surface area (Å²) in [6.07, 6.45) is 0.0603. The lowest BCUT2D eigenvalue weighted by Crippen LogP contribution is -2.37. The molecule has 1 heterocycles. The summed E-state index contributed by atoms with van der Waals surface area (Å²) in [5.41, 5.74) is 0.619. The summed E-state index contributed by atoms with van der Waals surface area (Å²) in [7, 11) is 0. The van der Waals surface area contributed by atoms with Crippen LogP contribution in [0.5, 0.6) is 0 Å². The Hall–Kier alpha value is -1.39. The molecule has 1 aliphatic heterocycles. The number of amides is 1. The molecule has 1 aromatic carbocycles. The quantitative estimate of drug-likeness (QED) is 0.864. The molecule has 0 saturated carbocycles. The molecule has 3 atom stereocenters. The number of aliphatic hydroxyl groups is 1. The Kier molecular flexibility index (Phi) is 5.15. The van der Waals surface area contributed by atoms with Crippen LogP contribution in [0.1, 0.15) is 31.9 Å². The van der Waals surface area contributed by atoms with E-state index in [1.54, 1.807) is 12.1 Å². The zero-order valence-corrected chi connectivity index (χ0v) is 12.1. The number of rotatable bonds is 5. The zero-order chi connectivity index (χ0) is 14.5. The van der Waals surface area contributed by atoms with E-state index in [2.05, 4.69) is 19.2 Å². The molecule has 0 aliphatic carbocycles. The normalized spacial score (nSPS) is 23.8. The number of carbonyl (C=O) groups is 1. The van der Waals surface area contributed by atoms with Crippen LogP contribution in [0.15, 0.2) is 30.3 Å². The second kappa shape index (κ2) is 6.86. The van der Waals surface area contributed by atoms with Crippen LogP contribution in [0.4, 0.5) is 0 Å². The summed E-state index contributed by atoms with van der Waals surface area (Å²) >= 11 is 0. The molecule has 1 aliphatic rings. The molecule has 0 radical (unpaired) electrons. The summed E-state index contributed by atoms with van der Waals surface area (Å²) in [6, 6.07) is 8.98. The molecule has 4 nitrogen and oxygen atoms in total. The molecular weight excluding hydrogens is 254 g/mol. The van der Waals surface area contributed by atoms with Gasteiger partial charge in [-0.3, -0.25) is 4.79 Å². The predicted octanol–water partition coefficient (Wildman–Crippen LogP) is 1.90. The highest BCUT2D eigenvalue weighted by molar-refractivity contribution is 5.81. The molecule has 2 rings (SSSR count). The molecule has 4 heteroatoms. The van der Waals surface area contributed by atoms with Gasteiger partial charge in [-0.1, -0.05) is 44.2 Å². The van der Waals surface area contributed by atoms with E-state index < -0.39 is 6.10 Å². The average Bonchev–Trinajstić information content (AvgIpc) is 2.93. The fourth-order valence-electron chi connectivity index (χ4n) is 2.73. The predicted molar refractivity (Wildman–Crippen MR) is 77.1 cm³/mol. The van der Waals surface area contributed by atoms with Crippen LogP contribution in [0.2, 0.25) is 0 Å². The van der Waals surface area contributed by atoms with Gasteiger partial charge in [0.25, 0.3) is 5.91 Å². The van der Waals surface area contributed by atoms with Crippen molar-refractivity contribution in [1.29, 1.82) is 0 Å². The van der Waals surface area contributed by atoms with Gasteiger partial charge in [0.05, 0.1) is 6.10 Å². The maximum atomic E-state index is 12.0. The van der Waals surface area contributed by atoms with E-state index in [0.717, 1.165) is 13.0 Å². The highest BCUT2D eigenvalue weighted by atomic mass is 16.5. The van der Waals surface area contributed by atoms with Gasteiger partial charge in [0.2, 0.25) is 0 Å². The minimum absolute atomic E-state index is 0.198. The Labute approximate surface area is 120 Å². The number of carbonyl (C=O) groups excluding carboxylic acids is 1. The first-order valence-electron chi connectivity index (χ1n) is 7.22. The maximum Gasteiger partial charge on any atom is 0.253 e. The van der Waals surface area contributed by atoms with Gasteiger partial charge < -0.3 is 15.2 Å². The first kappa shape index (κ1) is 15.0. The number of benzene rings is 1. The minimum atomic E-state index is -1.10. The van der Waals surface area contributed by atoms with Crippen molar-refractivity contribution in [1.82, 2.24) is 5.32 Å². The summed E-state index contributed by atoms with van der Waals surface area (Å²) < 4.78 is 5.69. The van der Waals surface area contributed by atoms with Crippen molar-refractivity contribution in [3.8, 4) is 0 Å². The van der Waals surface area contributed by atoms with E-state index in [-0.39, 0.29) is 12.0 Å². The van der Waals surface area contributed by atoms with E-state index in [1.165, 1.54) is 0 Å². The van der Waals surface area contributed by atoms with Crippen molar-refractivity contribution >= 4 is 5.91 Å². The highest BCUT2D eigenvalue weighted by Crippen LogP contribution is 2.26. The van der Waals surface area contributed by atoms with Gasteiger partial charge in [0.15, 0.2) is 6.10 Å². The van der Waals surface area contributed by atoms with Gasteiger partial charge in [-0.25, -0.2) is 0 Å². The molecule has 2 N–H and O–H groups in total. The SMILES string of the molecule is CC(C)[C@H]1OCC[C@@H]1CNC(=O)[C@H](O)c1ccccc1. The van der Waals surface area contributed by atoms with Crippen molar-refractivity contribution in [2.24, 2.45) is 11.8 Å². The molecule has 20 heavy (non-hydrogen) atoms. The summed E-state index contributed by atoms with van der Waals surface area (Å²) in [5, 5.41) is 12.8. The Bertz CT molecular complexity index is 433. The van der Waals surface area contributed by atoms with E-state index >= 15 is 0 Å². The Morgan fingerprint density at radius 2 is 2.10 bits per heavy atom. The van der Waals surface area contributed by atoms with Crippen LogP contribution in [-0.2, 0) is 9.53 Å². The third-order valence-corrected chi connectivity index (χ3v) is 3.82. The molecule has 0 bridgehead atoms. The third-order valence-electron chi connectivity index (χ3n) is 3.82. The average molecular weight is 277 g/mol. The molecule has 1 saturated heterocycles. The molecule has 110 valence electrons. The van der Waals surface area contributed by atoms with Crippen LogP contribution >= 0.6 is 0 Å². The van der Waals surface area contributed by atoms with E-state index in [1.807, 2.05) is 18.2 Å². The Balaban J connectivity index is 1.86. The number of nitrogens with one attached hydrogen (secondary N) is 1. The first-order chi connectivity index (χ1) is 9.59. The van der Waals surface area contributed by atoms with Crippen LogP contribution in [0.3, 0.4) is 0 Å². The number of hydrogen-bond acceptors (Lipinski definition) is 3. The minimum Gasteiger partial charge on any atom is -0.378 e. The van der Waals surface area contributed by atoms with E-state index in [0.29, 0.717) is 23.9 Å². The lowest BCUT2D eigenvalue weighted by Gasteiger charge is -2.22. The van der Waals surface area contributed by atoms with Gasteiger partial charge in [0, 0.05) is 19.1 Å². The van der Waals surface area contributed by atoms with E-state index in [4.69, 9.17) is 4.74 Å². The molecule has 0 spiro atoms. The van der Waals surface area contributed by atoms with Gasteiger partial charge in [0.1, 0.15) is 0 Å². The Morgan fingerprint density at radius 3 is 2.75 bits per heavy atom. The first-order valence-corrected chi connectivity index (χ1v) is 7.22. The van der Waals surface area contributed by atoms with Crippen molar-refractivity contribution in [3.63, 3.8) is 0 Å². The monoisotopic (exact) mass is 277 g/mol. The standard InChI is InChI=1S/C16H23NO3/c1-11(2)15-13(8-9-20-15)10-17-16(19)14(18)12-6-4-3-5-7-12/h3-7,11,13-15,18H,8-10H2,1-2H3,(H,17,19)/t13-,14-,15-/m1/s1. The molecular formula is C16H23NO3. The Morgan fingerprint density at radius 1 is 1.40 bits per heavy atom. The van der Waals surface area contributed by atoms with Gasteiger partial charge >= 0.3 is 0 Å². The molecule has 1 amide bonds. The summed E-state index contributed by atoms with van der Waals surface area (Å²) in [6.45, 7) is 5.57. The third kappa shape index (κ3) is 3.58. The molecule has 1 aromatic rings. The number of hydrogen-bond donors (Lipinski definition) is 2. The van der Waals surface area contributed by atoms with Gasteiger partial charge in [-0.05, 0) is 17.9 Å². The number of ether oxygens (including phenoxy) is 1. The van der Waals surface area contributed by atoms with Crippen molar-refractivity contribution in [3.05, 3.63) is 35.9 Å². The lowest BCUT2D eigenvalue weighted by atomic mass is 9.93. The molecule has 1 fully saturated rings. The van der Waals surface area contributed by atoms with Crippen LogP contribution in [0, 0.1) is 11.8 Å². The van der Waals surface area contributed by atoms with Gasteiger partial charge in [-0.2, -0.15) is 0 Å². The highest BCUT2D eigenvalue weighted by Gasteiger charge is 2.31. The number of aliphatic hydroxyl groups excluding tert-OH is 1. The van der Waals surface area contributed by atoms with Crippen molar-refractivity contribution in [2.75, 3.05) is 13.2 Å². The zero-order valence-electron chi connectivity index (χ0n) is 12.1. The van der Waals surface area contributed by atoms with Crippen molar-refractivity contribution in [2.45, 2.75) is 32.5 Å². The summed E-state index contributed by atoms with van der Waals surface area (Å²) in [4.78, 5) is 12.0. The molecule has 0 unspecified atom stereocenters. The summed E-state index contributed by atoms with van der Waals surface area (Å²) in [5.74, 6) is 0.436. The fourth-order valence-corrected chi connectivity index (χ4v) is 2.73. The van der Waals surface area contributed by atoms with Crippen LogP contribution < -0.4 is 5.32 Å². The van der Waals surface area contributed by atoms with Crippen molar-refractivity contribution < 1.29 is 14.6 Å². The van der Waals surface area contributed by atoms with Gasteiger partial charge in [-0.15, -0.1) is 0 Å². The van der Waals surface area contributed by atoms with Crippen LogP contribution in [0.25, 0.3) is 0 Å². The smallest absolute Gasteiger partial charge is 0.253 e. The second-order valence-corrected chi connectivity index (χ2v) is 5.69. The largest absolute Gasteiger partial charge is 0.378 e. The second-order valence-electron chi connectivity index (χ2n) is 5.69. The maximum absolute atomic E-state index is 12.0. The topological polar surface area (TPSA) is 58.6 Å². The van der Waals surface area contributed by atoms with Crippen LogP contribution in [-0.4, -0.2) is 30.3 Å². The molecule has 0 aromatic heterocycles. The lowest BCUT2D eigenvalue weighted by molar-refractivity contribution is -0.129. The fraction of sp³-hybridized carbons (Fsp3) is 0.562. The van der Waals surface area contributed by atoms with E-state index in [9.17, 15) is 9.90 Å².